The van der Waals surface area contributed by atoms with Crippen LogP contribution in [0.3, 0.4) is 0 Å². The van der Waals surface area contributed by atoms with E-state index in [4.69, 9.17) is 4.42 Å². The summed E-state index contributed by atoms with van der Waals surface area (Å²) in [7, 11) is 0. The molecule has 13 aromatic rings. The van der Waals surface area contributed by atoms with Crippen molar-refractivity contribution in [3.05, 3.63) is 237 Å². The van der Waals surface area contributed by atoms with Gasteiger partial charge in [-0.25, -0.2) is 0 Å². The lowest BCUT2D eigenvalue weighted by Gasteiger charge is -2.28. The number of furan rings is 1. The van der Waals surface area contributed by atoms with E-state index in [1.54, 1.807) is 0 Å². The molecule has 0 aliphatic heterocycles. The molecule has 0 aliphatic rings. The van der Waals surface area contributed by atoms with Gasteiger partial charge in [-0.1, -0.05) is 182 Å². The number of benzene rings is 11. The molecule has 0 fully saturated rings. The Hall–Kier alpha value is -8.24. The lowest BCUT2D eigenvalue weighted by atomic mass is 9.97. The number of fused-ring (bicyclic) bond motifs is 9. The SMILES string of the molecule is c1ccc(-c2ccc3c(c2)oc2cccc(N(c4ccc(-c5ccc6c(ccc7ccccc76)c5)cc4)c4ccc(-c5ccccc5)c5sc6cc(-c7ccccc7)ccc6c45)c23)cc1. The van der Waals surface area contributed by atoms with Gasteiger partial charge in [0.05, 0.1) is 16.8 Å². The molecular formula is C62H39NOS. The highest BCUT2D eigenvalue weighted by molar-refractivity contribution is 7.26. The monoisotopic (exact) mass is 845 g/mol. The van der Waals surface area contributed by atoms with Crippen LogP contribution in [0, 0.1) is 0 Å². The topological polar surface area (TPSA) is 16.4 Å². The summed E-state index contributed by atoms with van der Waals surface area (Å²) in [5.41, 5.74) is 14.5. The molecule has 0 bridgehead atoms. The van der Waals surface area contributed by atoms with Crippen LogP contribution in [0.5, 0.6) is 0 Å². The highest BCUT2D eigenvalue weighted by Gasteiger charge is 2.25. The quantitative estimate of drug-likeness (QED) is 0.149. The van der Waals surface area contributed by atoms with Crippen molar-refractivity contribution in [2.24, 2.45) is 0 Å². The van der Waals surface area contributed by atoms with Crippen molar-refractivity contribution in [2.45, 2.75) is 0 Å². The summed E-state index contributed by atoms with van der Waals surface area (Å²) in [5.74, 6) is 0. The summed E-state index contributed by atoms with van der Waals surface area (Å²) in [4.78, 5) is 2.47. The van der Waals surface area contributed by atoms with E-state index in [0.29, 0.717) is 0 Å². The molecule has 0 saturated heterocycles. The van der Waals surface area contributed by atoms with Gasteiger partial charge in [0.15, 0.2) is 0 Å². The van der Waals surface area contributed by atoms with Gasteiger partial charge in [0.25, 0.3) is 0 Å². The van der Waals surface area contributed by atoms with Crippen LogP contribution >= 0.6 is 11.3 Å². The van der Waals surface area contributed by atoms with Gasteiger partial charge < -0.3 is 9.32 Å². The molecule has 0 N–H and O–H groups in total. The number of anilines is 3. The summed E-state index contributed by atoms with van der Waals surface area (Å²) in [6, 6.07) is 85.9. The van der Waals surface area contributed by atoms with Crippen LogP contribution in [-0.4, -0.2) is 0 Å². The number of hydrogen-bond acceptors (Lipinski definition) is 3. The molecule has 0 radical (unpaired) electrons. The largest absolute Gasteiger partial charge is 0.456 e. The van der Waals surface area contributed by atoms with Crippen molar-refractivity contribution in [1.29, 1.82) is 0 Å². The van der Waals surface area contributed by atoms with E-state index in [1.165, 1.54) is 75.1 Å². The smallest absolute Gasteiger partial charge is 0.137 e. The van der Waals surface area contributed by atoms with E-state index in [1.807, 2.05) is 11.3 Å². The molecule has 0 atom stereocenters. The van der Waals surface area contributed by atoms with Gasteiger partial charge in [0, 0.05) is 31.2 Å². The van der Waals surface area contributed by atoms with E-state index in [-0.39, 0.29) is 0 Å². The minimum Gasteiger partial charge on any atom is -0.456 e. The normalized spacial score (nSPS) is 11.7. The van der Waals surface area contributed by atoms with E-state index < -0.39 is 0 Å². The summed E-state index contributed by atoms with van der Waals surface area (Å²) in [5, 5.41) is 9.68. The molecule has 3 heteroatoms. The summed E-state index contributed by atoms with van der Waals surface area (Å²) >= 11 is 1.88. The second-order valence-electron chi connectivity index (χ2n) is 16.8. The maximum atomic E-state index is 6.77. The van der Waals surface area contributed by atoms with Crippen LogP contribution in [0.15, 0.2) is 241 Å². The third-order valence-corrected chi connectivity index (χ3v) is 14.2. The fourth-order valence-electron chi connectivity index (χ4n) is 9.91. The highest BCUT2D eigenvalue weighted by Crippen LogP contribution is 2.51. The number of thiophene rings is 1. The Bertz CT molecular complexity index is 3920. The van der Waals surface area contributed by atoms with Crippen molar-refractivity contribution in [2.75, 3.05) is 4.90 Å². The van der Waals surface area contributed by atoms with Crippen molar-refractivity contribution in [1.82, 2.24) is 0 Å². The first-order chi connectivity index (χ1) is 32.2. The van der Waals surface area contributed by atoms with Crippen LogP contribution < -0.4 is 4.90 Å². The molecule has 13 rings (SSSR count). The van der Waals surface area contributed by atoms with Gasteiger partial charge >= 0.3 is 0 Å². The second kappa shape index (κ2) is 15.2. The van der Waals surface area contributed by atoms with Gasteiger partial charge in [-0.3, -0.25) is 0 Å². The minimum atomic E-state index is 0.854. The van der Waals surface area contributed by atoms with Crippen molar-refractivity contribution in [3.63, 3.8) is 0 Å². The molecule has 2 heterocycles. The first-order valence-electron chi connectivity index (χ1n) is 22.1. The zero-order valence-electron chi connectivity index (χ0n) is 35.3. The van der Waals surface area contributed by atoms with Gasteiger partial charge in [0.1, 0.15) is 11.2 Å². The first kappa shape index (κ1) is 37.3. The Kier molecular flexibility index (Phi) is 8.75. The molecule has 0 unspecified atom stereocenters. The summed E-state index contributed by atoms with van der Waals surface area (Å²) < 4.78 is 9.28. The third kappa shape index (κ3) is 6.31. The first-order valence-corrected chi connectivity index (χ1v) is 23.0. The molecule has 2 nitrogen and oxygen atoms in total. The average Bonchev–Trinajstić information content (AvgIpc) is 3.96. The number of hydrogen-bond donors (Lipinski definition) is 0. The number of nitrogens with zero attached hydrogens (tertiary/aromatic N) is 1. The Morgan fingerprint density at radius 2 is 0.892 bits per heavy atom. The Morgan fingerprint density at radius 3 is 1.65 bits per heavy atom. The molecule has 65 heavy (non-hydrogen) atoms. The summed E-state index contributed by atoms with van der Waals surface area (Å²) in [6.07, 6.45) is 0. The molecular weight excluding hydrogens is 807 g/mol. The zero-order valence-corrected chi connectivity index (χ0v) is 36.1. The van der Waals surface area contributed by atoms with E-state index in [2.05, 4.69) is 241 Å². The minimum absolute atomic E-state index is 0.854. The van der Waals surface area contributed by atoms with Crippen molar-refractivity contribution < 1.29 is 4.42 Å². The molecule has 0 amide bonds. The van der Waals surface area contributed by atoms with Crippen molar-refractivity contribution >= 4 is 92.1 Å². The van der Waals surface area contributed by atoms with Crippen LogP contribution in [0.4, 0.5) is 17.1 Å². The van der Waals surface area contributed by atoms with Crippen LogP contribution in [-0.2, 0) is 0 Å². The molecule has 0 spiro atoms. The molecule has 11 aromatic carbocycles. The predicted molar refractivity (Wildman–Crippen MR) is 278 cm³/mol. The maximum Gasteiger partial charge on any atom is 0.137 e. The third-order valence-electron chi connectivity index (χ3n) is 13.1. The zero-order chi connectivity index (χ0) is 42.8. The Balaban J connectivity index is 1.04. The Labute approximate surface area is 380 Å². The predicted octanol–water partition coefficient (Wildman–Crippen LogP) is 18.4. The number of rotatable bonds is 7. The fourth-order valence-corrected chi connectivity index (χ4v) is 11.2. The van der Waals surface area contributed by atoms with Crippen LogP contribution in [0.25, 0.3) is 108 Å². The van der Waals surface area contributed by atoms with Crippen LogP contribution in [0.1, 0.15) is 0 Å². The van der Waals surface area contributed by atoms with Crippen molar-refractivity contribution in [3.8, 4) is 44.5 Å². The lowest BCUT2D eigenvalue weighted by molar-refractivity contribution is 0.669. The average molecular weight is 846 g/mol. The molecule has 0 saturated carbocycles. The van der Waals surface area contributed by atoms with Gasteiger partial charge in [-0.05, 0) is 121 Å². The van der Waals surface area contributed by atoms with Gasteiger partial charge in [-0.2, -0.15) is 0 Å². The maximum absolute atomic E-state index is 6.77. The van der Waals surface area contributed by atoms with Gasteiger partial charge in [-0.15, -0.1) is 11.3 Å². The Morgan fingerprint density at radius 1 is 0.323 bits per heavy atom. The molecule has 304 valence electrons. The second-order valence-corrected chi connectivity index (χ2v) is 17.9. The standard InChI is InChI=1S/C62H39NOS/c1-4-13-40(14-5-1)46-28-33-53-58(38-46)64-57-22-12-21-55(60(53)57)63(49-30-25-42(26-31-49)45-27-32-51-48(37-45)24-23-44-19-10-11-20-50(44)51)56-36-35-52(43-17-8-3-9-18-43)62-61(56)54-34-29-47(39-59(54)65-62)41-15-6-2-7-16-41/h1-39H. The van der Waals surface area contributed by atoms with Crippen LogP contribution in [0.2, 0.25) is 0 Å². The van der Waals surface area contributed by atoms with Gasteiger partial charge in [0.2, 0.25) is 0 Å². The molecule has 0 aliphatic carbocycles. The summed E-state index contributed by atoms with van der Waals surface area (Å²) in [6.45, 7) is 0. The van der Waals surface area contributed by atoms with E-state index in [0.717, 1.165) is 50.1 Å². The van der Waals surface area contributed by atoms with E-state index in [9.17, 15) is 0 Å². The fraction of sp³-hybridized carbons (Fsp3) is 0. The lowest BCUT2D eigenvalue weighted by Crippen LogP contribution is -2.11. The van der Waals surface area contributed by atoms with E-state index >= 15 is 0 Å². The molecule has 2 aromatic heterocycles. The highest BCUT2D eigenvalue weighted by atomic mass is 32.1.